The number of nitrogens with one attached hydrogen (secondary N) is 1. The Bertz CT molecular complexity index is 1030. The van der Waals surface area contributed by atoms with Gasteiger partial charge in [0.15, 0.2) is 5.78 Å². The molecule has 172 valence electrons. The first kappa shape index (κ1) is 24.3. The Hall–Kier alpha value is -3.31. The number of unbranched alkanes of at least 4 members (excludes halogenated alkanes) is 1. The zero-order chi connectivity index (χ0) is 23.5. The number of rotatable bonds is 12. The van der Waals surface area contributed by atoms with Gasteiger partial charge in [0.1, 0.15) is 0 Å². The highest BCUT2D eigenvalue weighted by atomic mass is 16.1. The molecular formula is C28H33N3O2. The van der Waals surface area contributed by atoms with Gasteiger partial charge < -0.3 is 10.2 Å². The maximum atomic E-state index is 12.5. The van der Waals surface area contributed by atoms with Crippen molar-refractivity contribution in [2.75, 3.05) is 25.0 Å². The first-order valence-electron chi connectivity index (χ1n) is 11.7. The van der Waals surface area contributed by atoms with Crippen LogP contribution in [0.3, 0.4) is 0 Å². The number of ketones is 1. The Morgan fingerprint density at radius 3 is 2.27 bits per heavy atom. The molecule has 5 heteroatoms. The molecule has 0 atom stereocenters. The summed E-state index contributed by atoms with van der Waals surface area (Å²) in [7, 11) is 0. The normalized spacial score (nSPS) is 10.9. The van der Waals surface area contributed by atoms with Gasteiger partial charge in [0.05, 0.1) is 0 Å². The van der Waals surface area contributed by atoms with Crippen LogP contribution in [0.15, 0.2) is 73.1 Å². The molecule has 1 N–H and O–H groups in total. The van der Waals surface area contributed by atoms with E-state index in [0.29, 0.717) is 24.1 Å². The van der Waals surface area contributed by atoms with Crippen LogP contribution in [0.25, 0.3) is 0 Å². The molecule has 33 heavy (non-hydrogen) atoms. The number of carbonyl (C=O) groups excluding carboxylic acids is 2. The van der Waals surface area contributed by atoms with Crippen molar-refractivity contribution < 1.29 is 9.59 Å². The molecule has 0 unspecified atom stereocenters. The van der Waals surface area contributed by atoms with E-state index >= 15 is 0 Å². The van der Waals surface area contributed by atoms with Crippen molar-refractivity contribution in [3.63, 3.8) is 0 Å². The number of pyridine rings is 1. The molecule has 2 aromatic carbocycles. The maximum Gasteiger partial charge on any atom is 0.255 e. The smallest absolute Gasteiger partial charge is 0.255 e. The predicted molar refractivity (Wildman–Crippen MR) is 134 cm³/mol. The fourth-order valence-electron chi connectivity index (χ4n) is 3.81. The van der Waals surface area contributed by atoms with Gasteiger partial charge in [-0.15, -0.1) is 0 Å². The number of hydrogen-bond acceptors (Lipinski definition) is 4. The van der Waals surface area contributed by atoms with Crippen molar-refractivity contribution in [3.05, 3.63) is 95.3 Å². The van der Waals surface area contributed by atoms with Crippen LogP contribution in [0.1, 0.15) is 65.0 Å². The fourth-order valence-corrected chi connectivity index (χ4v) is 3.81. The summed E-state index contributed by atoms with van der Waals surface area (Å²) in [6, 6.07) is 19.0. The van der Waals surface area contributed by atoms with E-state index in [-0.39, 0.29) is 11.7 Å². The zero-order valence-corrected chi connectivity index (χ0v) is 19.6. The minimum atomic E-state index is -0.148. The Morgan fingerprint density at radius 2 is 1.58 bits per heavy atom. The second-order valence-corrected chi connectivity index (χ2v) is 8.17. The fraction of sp³-hybridized carbons (Fsp3) is 0.321. The van der Waals surface area contributed by atoms with Gasteiger partial charge in [0, 0.05) is 35.6 Å². The van der Waals surface area contributed by atoms with E-state index in [1.165, 1.54) is 0 Å². The van der Waals surface area contributed by atoms with Crippen molar-refractivity contribution >= 4 is 17.4 Å². The third-order valence-corrected chi connectivity index (χ3v) is 5.83. The number of anilines is 1. The third kappa shape index (κ3) is 7.65. The predicted octanol–water partition coefficient (Wildman–Crippen LogP) is 5.62. The number of aromatic nitrogens is 1. The minimum absolute atomic E-state index is 0.148. The summed E-state index contributed by atoms with van der Waals surface area (Å²) in [4.78, 5) is 31.4. The van der Waals surface area contributed by atoms with Crippen LogP contribution in [-0.2, 0) is 6.42 Å². The lowest BCUT2D eigenvalue weighted by molar-refractivity contribution is 0.0976. The Morgan fingerprint density at radius 1 is 0.848 bits per heavy atom. The molecule has 0 bridgehead atoms. The topological polar surface area (TPSA) is 62.3 Å². The maximum absolute atomic E-state index is 12.5. The van der Waals surface area contributed by atoms with Crippen LogP contribution < -0.4 is 5.32 Å². The van der Waals surface area contributed by atoms with Crippen molar-refractivity contribution in [2.24, 2.45) is 0 Å². The SMILES string of the molecule is CCN(CC)CCCCC(=O)c1ccc(Cc2cccc(C(=O)Nc3ccncc3)c2)cc1. The van der Waals surface area contributed by atoms with Crippen LogP contribution >= 0.6 is 0 Å². The monoisotopic (exact) mass is 443 g/mol. The standard InChI is InChI=1S/C28H33N3O2/c1-3-31(4-2)19-6-5-10-27(32)24-13-11-22(12-14-24)20-23-8-7-9-25(21-23)28(33)30-26-15-17-29-18-16-26/h7-9,11-18,21H,3-6,10,19-20H2,1-2H3,(H,29,30,33). The highest BCUT2D eigenvalue weighted by Gasteiger charge is 2.09. The van der Waals surface area contributed by atoms with Gasteiger partial charge in [0.2, 0.25) is 0 Å². The molecule has 1 aromatic heterocycles. The number of carbonyl (C=O) groups is 2. The quantitative estimate of drug-likeness (QED) is 0.291. The molecule has 1 heterocycles. The van der Waals surface area contributed by atoms with Crippen LogP contribution in [0.5, 0.6) is 0 Å². The Labute approximate surface area is 196 Å². The van der Waals surface area contributed by atoms with E-state index < -0.39 is 0 Å². The number of nitrogens with zero attached hydrogens (tertiary/aromatic N) is 2. The molecule has 0 aliphatic carbocycles. The lowest BCUT2D eigenvalue weighted by atomic mass is 9.99. The molecule has 0 aliphatic rings. The molecule has 5 nitrogen and oxygen atoms in total. The third-order valence-electron chi connectivity index (χ3n) is 5.83. The molecular weight excluding hydrogens is 410 g/mol. The Balaban J connectivity index is 1.53. The summed E-state index contributed by atoms with van der Waals surface area (Å²) >= 11 is 0. The number of hydrogen-bond donors (Lipinski definition) is 1. The van der Waals surface area contributed by atoms with Gasteiger partial charge in [0.25, 0.3) is 5.91 Å². The first-order chi connectivity index (χ1) is 16.1. The highest BCUT2D eigenvalue weighted by Crippen LogP contribution is 2.16. The van der Waals surface area contributed by atoms with Crippen LogP contribution in [0, 0.1) is 0 Å². The first-order valence-corrected chi connectivity index (χ1v) is 11.7. The van der Waals surface area contributed by atoms with Crippen molar-refractivity contribution in [1.29, 1.82) is 0 Å². The van der Waals surface area contributed by atoms with Crippen molar-refractivity contribution in [2.45, 2.75) is 39.5 Å². The van der Waals surface area contributed by atoms with E-state index in [9.17, 15) is 9.59 Å². The molecule has 3 aromatic rings. The van der Waals surface area contributed by atoms with Crippen LogP contribution in [-0.4, -0.2) is 41.2 Å². The van der Waals surface area contributed by atoms with E-state index in [2.05, 4.69) is 29.0 Å². The minimum Gasteiger partial charge on any atom is -0.322 e. The summed E-state index contributed by atoms with van der Waals surface area (Å²) in [6.07, 6.45) is 6.56. The summed E-state index contributed by atoms with van der Waals surface area (Å²) in [5.41, 5.74) is 4.26. The van der Waals surface area contributed by atoms with Gasteiger partial charge in [-0.2, -0.15) is 0 Å². The molecule has 0 fully saturated rings. The largest absolute Gasteiger partial charge is 0.322 e. The molecule has 1 amide bonds. The van der Waals surface area contributed by atoms with E-state index in [0.717, 1.165) is 49.2 Å². The zero-order valence-electron chi connectivity index (χ0n) is 19.6. The molecule has 0 saturated carbocycles. The molecule has 0 aliphatic heterocycles. The lowest BCUT2D eigenvalue weighted by Crippen LogP contribution is -2.24. The van der Waals surface area contributed by atoms with Crippen molar-refractivity contribution in [1.82, 2.24) is 9.88 Å². The highest BCUT2D eigenvalue weighted by molar-refractivity contribution is 6.04. The van der Waals surface area contributed by atoms with Gasteiger partial charge in [-0.25, -0.2) is 0 Å². The summed E-state index contributed by atoms with van der Waals surface area (Å²) < 4.78 is 0. The van der Waals surface area contributed by atoms with Crippen LogP contribution in [0.2, 0.25) is 0 Å². The van der Waals surface area contributed by atoms with E-state index in [1.807, 2.05) is 48.5 Å². The average Bonchev–Trinajstić information content (AvgIpc) is 2.85. The van der Waals surface area contributed by atoms with Gasteiger partial charge >= 0.3 is 0 Å². The summed E-state index contributed by atoms with van der Waals surface area (Å²) in [5, 5.41) is 2.88. The lowest BCUT2D eigenvalue weighted by Gasteiger charge is -2.17. The number of Topliss-reactive ketones (excluding diaryl/α,β-unsaturated/α-hetero) is 1. The average molecular weight is 444 g/mol. The molecule has 0 spiro atoms. The molecule has 3 rings (SSSR count). The summed E-state index contributed by atoms with van der Waals surface area (Å²) in [6.45, 7) is 7.51. The molecule has 0 radical (unpaired) electrons. The van der Waals surface area contributed by atoms with E-state index in [1.54, 1.807) is 24.5 Å². The molecule has 0 saturated heterocycles. The second-order valence-electron chi connectivity index (χ2n) is 8.17. The summed E-state index contributed by atoms with van der Waals surface area (Å²) in [5.74, 6) is 0.0564. The van der Waals surface area contributed by atoms with Gasteiger partial charge in [-0.1, -0.05) is 50.2 Å². The number of benzene rings is 2. The second kappa shape index (κ2) is 12.7. The van der Waals surface area contributed by atoms with Crippen LogP contribution in [0.4, 0.5) is 5.69 Å². The van der Waals surface area contributed by atoms with Gasteiger partial charge in [-0.3, -0.25) is 14.6 Å². The Kier molecular flexibility index (Phi) is 9.33. The number of amides is 1. The van der Waals surface area contributed by atoms with Crippen molar-refractivity contribution in [3.8, 4) is 0 Å². The van der Waals surface area contributed by atoms with Gasteiger partial charge in [-0.05, 0) is 74.3 Å². The van der Waals surface area contributed by atoms with E-state index in [4.69, 9.17) is 0 Å².